The molecule has 0 atom stereocenters. The fraction of sp³-hybridized carbons (Fsp3) is 0.176. The number of para-hydroxylation sites is 1. The third kappa shape index (κ3) is 4.00. The molecule has 1 heteroatoms. The molecule has 10 rings (SSSR count). The van der Waals surface area contributed by atoms with Gasteiger partial charge in [-0.25, -0.2) is 0 Å². The number of hydrogen-bond donors (Lipinski definition) is 0. The lowest BCUT2D eigenvalue weighted by atomic mass is 9.80. The van der Waals surface area contributed by atoms with E-state index in [4.69, 9.17) is 0 Å². The van der Waals surface area contributed by atoms with Crippen LogP contribution in [-0.2, 0) is 16.2 Å². The SMILES string of the molecule is CC1(C)c2ccccc2-c2c(-c3ccccc3N(c3cccc4c3-c3ccccc3C4(C)C)c3cccc4c3C(C)(C)c3ccccc3-4)cccc21. The molecule has 0 aliphatic heterocycles. The lowest BCUT2D eigenvalue weighted by Crippen LogP contribution is -2.21. The summed E-state index contributed by atoms with van der Waals surface area (Å²) >= 11 is 0. The van der Waals surface area contributed by atoms with Crippen LogP contribution in [0.2, 0.25) is 0 Å². The van der Waals surface area contributed by atoms with Crippen LogP contribution >= 0.6 is 0 Å². The Morgan fingerprint density at radius 3 is 1.37 bits per heavy atom. The first-order valence-corrected chi connectivity index (χ1v) is 18.7. The second-order valence-corrected chi connectivity index (χ2v) is 16.5. The van der Waals surface area contributed by atoms with Crippen molar-refractivity contribution in [2.24, 2.45) is 0 Å². The van der Waals surface area contributed by atoms with Crippen LogP contribution in [0.15, 0.2) is 152 Å². The summed E-state index contributed by atoms with van der Waals surface area (Å²) in [6.45, 7) is 14.3. The Balaban J connectivity index is 1.31. The average molecular weight is 670 g/mol. The van der Waals surface area contributed by atoms with Crippen LogP contribution in [0.25, 0.3) is 44.5 Å². The normalized spacial score (nSPS) is 16.0. The first-order chi connectivity index (χ1) is 25.1. The quantitative estimate of drug-likeness (QED) is 0.180. The molecule has 52 heavy (non-hydrogen) atoms. The minimum Gasteiger partial charge on any atom is -0.309 e. The van der Waals surface area contributed by atoms with E-state index in [1.54, 1.807) is 0 Å². The lowest BCUT2D eigenvalue weighted by Gasteiger charge is -2.35. The number of fused-ring (bicyclic) bond motifs is 9. The van der Waals surface area contributed by atoms with E-state index in [1.165, 1.54) is 95.0 Å². The van der Waals surface area contributed by atoms with Gasteiger partial charge in [0.2, 0.25) is 0 Å². The van der Waals surface area contributed by atoms with Crippen molar-refractivity contribution in [1.82, 2.24) is 0 Å². The Kier molecular flexibility index (Phi) is 6.39. The maximum Gasteiger partial charge on any atom is 0.0543 e. The number of nitrogens with zero attached hydrogens (tertiary/aromatic N) is 1. The second kappa shape index (κ2) is 10.7. The molecule has 1 nitrogen and oxygen atoms in total. The summed E-state index contributed by atoms with van der Waals surface area (Å²) in [5.41, 5.74) is 22.1. The monoisotopic (exact) mass is 669 g/mol. The van der Waals surface area contributed by atoms with E-state index in [-0.39, 0.29) is 16.2 Å². The summed E-state index contributed by atoms with van der Waals surface area (Å²) in [6.07, 6.45) is 0. The molecule has 0 fully saturated rings. The molecule has 252 valence electrons. The molecule has 7 aromatic carbocycles. The Morgan fingerprint density at radius 2 is 0.692 bits per heavy atom. The van der Waals surface area contributed by atoms with Crippen LogP contribution in [0.3, 0.4) is 0 Å². The predicted molar refractivity (Wildman–Crippen MR) is 219 cm³/mol. The highest BCUT2D eigenvalue weighted by Gasteiger charge is 2.42. The van der Waals surface area contributed by atoms with Gasteiger partial charge in [-0.2, -0.15) is 0 Å². The smallest absolute Gasteiger partial charge is 0.0543 e. The highest BCUT2D eigenvalue weighted by atomic mass is 15.2. The molecule has 0 aromatic heterocycles. The van der Waals surface area contributed by atoms with E-state index in [2.05, 4.69) is 198 Å². The zero-order valence-corrected chi connectivity index (χ0v) is 30.9. The van der Waals surface area contributed by atoms with Gasteiger partial charge in [-0.1, -0.05) is 175 Å². The molecule has 3 aliphatic carbocycles. The molecular weight excluding hydrogens is 627 g/mol. The van der Waals surface area contributed by atoms with Gasteiger partial charge in [0, 0.05) is 27.4 Å². The van der Waals surface area contributed by atoms with Crippen LogP contribution in [-0.4, -0.2) is 0 Å². The summed E-state index contributed by atoms with van der Waals surface area (Å²) in [5.74, 6) is 0. The predicted octanol–water partition coefficient (Wildman–Crippen LogP) is 13.7. The van der Waals surface area contributed by atoms with Crippen molar-refractivity contribution in [2.45, 2.75) is 57.8 Å². The van der Waals surface area contributed by atoms with Crippen LogP contribution in [0.5, 0.6) is 0 Å². The van der Waals surface area contributed by atoms with Crippen LogP contribution in [0.1, 0.15) is 74.9 Å². The van der Waals surface area contributed by atoms with E-state index >= 15 is 0 Å². The van der Waals surface area contributed by atoms with Gasteiger partial charge >= 0.3 is 0 Å². The summed E-state index contributed by atoms with van der Waals surface area (Å²) in [7, 11) is 0. The largest absolute Gasteiger partial charge is 0.309 e. The molecule has 0 saturated carbocycles. The van der Waals surface area contributed by atoms with Gasteiger partial charge in [0.15, 0.2) is 0 Å². The van der Waals surface area contributed by atoms with E-state index < -0.39 is 0 Å². The number of rotatable bonds is 4. The van der Waals surface area contributed by atoms with E-state index in [0.29, 0.717) is 0 Å². The van der Waals surface area contributed by atoms with Crippen molar-refractivity contribution in [2.75, 3.05) is 4.90 Å². The van der Waals surface area contributed by atoms with E-state index in [1.807, 2.05) is 0 Å². The maximum absolute atomic E-state index is 2.62. The van der Waals surface area contributed by atoms with Gasteiger partial charge < -0.3 is 4.90 Å². The molecule has 0 spiro atoms. The Hall–Kier alpha value is -5.66. The second-order valence-electron chi connectivity index (χ2n) is 16.5. The Bertz CT molecular complexity index is 2610. The molecule has 0 radical (unpaired) electrons. The van der Waals surface area contributed by atoms with Gasteiger partial charge in [0.05, 0.1) is 17.1 Å². The van der Waals surface area contributed by atoms with Crippen molar-refractivity contribution >= 4 is 17.1 Å². The van der Waals surface area contributed by atoms with Crippen LogP contribution in [0, 0.1) is 0 Å². The molecule has 0 unspecified atom stereocenters. The summed E-state index contributed by atoms with van der Waals surface area (Å²) in [5, 5.41) is 0. The Morgan fingerprint density at radius 1 is 0.288 bits per heavy atom. The maximum atomic E-state index is 2.62. The van der Waals surface area contributed by atoms with Crippen molar-refractivity contribution in [3.05, 3.63) is 185 Å². The summed E-state index contributed by atoms with van der Waals surface area (Å²) < 4.78 is 0. The molecule has 0 bridgehead atoms. The third-order valence-corrected chi connectivity index (χ3v) is 12.7. The van der Waals surface area contributed by atoms with Gasteiger partial charge in [-0.3, -0.25) is 0 Å². The van der Waals surface area contributed by atoms with Crippen molar-refractivity contribution in [3.63, 3.8) is 0 Å². The van der Waals surface area contributed by atoms with Gasteiger partial charge in [-0.05, 0) is 85.0 Å². The molecule has 7 aromatic rings. The highest BCUT2D eigenvalue weighted by Crippen LogP contribution is 2.60. The molecule has 0 N–H and O–H groups in total. The lowest BCUT2D eigenvalue weighted by molar-refractivity contribution is 0.659. The number of anilines is 3. The van der Waals surface area contributed by atoms with Crippen LogP contribution in [0.4, 0.5) is 17.1 Å². The topological polar surface area (TPSA) is 3.24 Å². The van der Waals surface area contributed by atoms with Crippen LogP contribution < -0.4 is 4.90 Å². The first kappa shape index (κ1) is 31.1. The van der Waals surface area contributed by atoms with E-state index in [9.17, 15) is 0 Å². The van der Waals surface area contributed by atoms with Gasteiger partial charge in [0.25, 0.3) is 0 Å². The van der Waals surface area contributed by atoms with Crippen molar-refractivity contribution in [1.29, 1.82) is 0 Å². The standard InChI is InChI=1S/C51H43N/c1-49(2)39-25-12-8-20-36(39)46-34(22-15-27-41(46)49)33-19-10-14-29-43(33)52(44-30-17-28-42-47(44)37-21-9-13-26-40(37)50(42,3)4)45-31-16-23-35-32-18-7-11-24-38(32)51(5,6)48(35)45/h7-31H,1-6H3. The van der Waals surface area contributed by atoms with Crippen molar-refractivity contribution in [3.8, 4) is 44.5 Å². The Labute approximate surface area is 308 Å². The summed E-state index contributed by atoms with van der Waals surface area (Å²) in [6, 6.07) is 57.1. The van der Waals surface area contributed by atoms with E-state index in [0.717, 1.165) is 0 Å². The molecular formula is C51H43N. The zero-order valence-electron chi connectivity index (χ0n) is 30.9. The number of benzene rings is 7. The third-order valence-electron chi connectivity index (χ3n) is 12.7. The molecule has 0 heterocycles. The fourth-order valence-corrected chi connectivity index (χ4v) is 10.2. The molecule has 0 saturated heterocycles. The fourth-order valence-electron chi connectivity index (χ4n) is 10.2. The molecule has 3 aliphatic rings. The highest BCUT2D eigenvalue weighted by molar-refractivity contribution is 6.03. The summed E-state index contributed by atoms with van der Waals surface area (Å²) in [4.78, 5) is 2.62. The minimum atomic E-state index is -0.193. The first-order valence-electron chi connectivity index (χ1n) is 18.7. The average Bonchev–Trinajstić information content (AvgIpc) is 3.66. The van der Waals surface area contributed by atoms with Gasteiger partial charge in [0.1, 0.15) is 0 Å². The zero-order chi connectivity index (χ0) is 35.6. The molecule has 0 amide bonds. The van der Waals surface area contributed by atoms with Crippen molar-refractivity contribution < 1.29 is 0 Å². The van der Waals surface area contributed by atoms with Gasteiger partial charge in [-0.15, -0.1) is 0 Å². The number of hydrogen-bond acceptors (Lipinski definition) is 1. The minimum absolute atomic E-state index is 0.0812.